The molecule has 0 spiro atoms. The van der Waals surface area contributed by atoms with E-state index in [0.717, 1.165) is 47.6 Å². The van der Waals surface area contributed by atoms with E-state index in [2.05, 4.69) is 28.5 Å². The van der Waals surface area contributed by atoms with Gasteiger partial charge in [-0.15, -0.1) is 0 Å². The molecular weight excluding hydrogens is 314 g/mol. The van der Waals surface area contributed by atoms with Crippen LogP contribution in [0.4, 0.5) is 0 Å². The Morgan fingerprint density at radius 3 is 2.88 bits per heavy atom. The molecule has 2 amide bonds. The van der Waals surface area contributed by atoms with E-state index >= 15 is 0 Å². The fourth-order valence-electron chi connectivity index (χ4n) is 3.52. The minimum atomic E-state index is -0.104. The minimum Gasteiger partial charge on any atom is -0.351 e. The van der Waals surface area contributed by atoms with Gasteiger partial charge in [0.1, 0.15) is 5.69 Å². The van der Waals surface area contributed by atoms with Gasteiger partial charge in [-0.1, -0.05) is 30.3 Å². The molecule has 0 bridgehead atoms. The molecular formula is C20H21N3O2. The number of carbonyl (C=O) groups is 2. The number of aromatic amines is 1. The second-order valence-electron chi connectivity index (χ2n) is 6.52. The summed E-state index contributed by atoms with van der Waals surface area (Å²) in [6.45, 7) is 2.14. The van der Waals surface area contributed by atoms with Gasteiger partial charge >= 0.3 is 0 Å². The van der Waals surface area contributed by atoms with Gasteiger partial charge in [-0.25, -0.2) is 0 Å². The van der Waals surface area contributed by atoms with Gasteiger partial charge in [-0.2, -0.15) is 0 Å². The van der Waals surface area contributed by atoms with Crippen molar-refractivity contribution in [1.29, 1.82) is 0 Å². The minimum absolute atomic E-state index is 0.104. The van der Waals surface area contributed by atoms with E-state index in [1.54, 1.807) is 0 Å². The van der Waals surface area contributed by atoms with Crippen LogP contribution < -0.4 is 5.32 Å². The number of H-pyrrole nitrogens is 1. The highest BCUT2D eigenvalue weighted by molar-refractivity contribution is 6.09. The summed E-state index contributed by atoms with van der Waals surface area (Å²) < 4.78 is 0. The summed E-state index contributed by atoms with van der Waals surface area (Å²) in [4.78, 5) is 29.0. The van der Waals surface area contributed by atoms with Crippen molar-refractivity contribution in [3.63, 3.8) is 0 Å². The van der Waals surface area contributed by atoms with Crippen LogP contribution in [-0.2, 0) is 4.79 Å². The fourth-order valence-corrected chi connectivity index (χ4v) is 3.52. The number of hydrogen-bond acceptors (Lipinski definition) is 2. The molecule has 25 heavy (non-hydrogen) atoms. The first-order valence-corrected chi connectivity index (χ1v) is 8.79. The Kier molecular flexibility index (Phi) is 4.14. The predicted octanol–water partition coefficient (Wildman–Crippen LogP) is 3.06. The van der Waals surface area contributed by atoms with Crippen molar-refractivity contribution in [2.45, 2.75) is 19.3 Å². The molecule has 5 heteroatoms. The SMILES string of the molecule is O=C(NCCCN1CCCC1=O)c1cc2c(ccc3ccccc32)[nH]1. The zero-order chi connectivity index (χ0) is 17.2. The number of amides is 2. The van der Waals surface area contributed by atoms with Gasteiger partial charge in [0.15, 0.2) is 0 Å². The largest absolute Gasteiger partial charge is 0.351 e. The van der Waals surface area contributed by atoms with E-state index in [0.29, 0.717) is 18.7 Å². The molecule has 0 radical (unpaired) electrons. The summed E-state index contributed by atoms with van der Waals surface area (Å²) in [6.07, 6.45) is 2.39. The molecule has 1 fully saturated rings. The molecule has 1 aromatic heterocycles. The maximum atomic E-state index is 12.4. The predicted molar refractivity (Wildman–Crippen MR) is 98.6 cm³/mol. The summed E-state index contributed by atoms with van der Waals surface area (Å²) in [6, 6.07) is 14.1. The van der Waals surface area contributed by atoms with Crippen LogP contribution in [-0.4, -0.2) is 41.3 Å². The van der Waals surface area contributed by atoms with Gasteiger partial charge in [-0.05, 0) is 35.7 Å². The van der Waals surface area contributed by atoms with Crippen LogP contribution in [0.15, 0.2) is 42.5 Å². The average molecular weight is 335 g/mol. The van der Waals surface area contributed by atoms with Crippen molar-refractivity contribution in [3.05, 3.63) is 48.2 Å². The van der Waals surface area contributed by atoms with Crippen LogP contribution in [0, 0.1) is 0 Å². The zero-order valence-corrected chi connectivity index (χ0v) is 14.0. The van der Waals surface area contributed by atoms with Gasteiger partial charge in [0.2, 0.25) is 5.91 Å². The van der Waals surface area contributed by atoms with E-state index < -0.39 is 0 Å². The third-order valence-electron chi connectivity index (χ3n) is 4.84. The zero-order valence-electron chi connectivity index (χ0n) is 14.0. The lowest BCUT2D eigenvalue weighted by Gasteiger charge is -2.15. The fraction of sp³-hybridized carbons (Fsp3) is 0.300. The number of benzene rings is 2. The Bertz CT molecular complexity index is 944. The van der Waals surface area contributed by atoms with Crippen molar-refractivity contribution in [2.24, 2.45) is 0 Å². The summed E-state index contributed by atoms with van der Waals surface area (Å²) >= 11 is 0. The van der Waals surface area contributed by atoms with Gasteiger partial charge in [-0.3, -0.25) is 9.59 Å². The first-order chi connectivity index (χ1) is 12.2. The van der Waals surface area contributed by atoms with Crippen molar-refractivity contribution in [2.75, 3.05) is 19.6 Å². The lowest BCUT2D eigenvalue weighted by atomic mass is 10.1. The van der Waals surface area contributed by atoms with Crippen LogP contribution in [0.3, 0.4) is 0 Å². The molecule has 2 heterocycles. The van der Waals surface area contributed by atoms with Gasteiger partial charge in [0.05, 0.1) is 0 Å². The number of fused-ring (bicyclic) bond motifs is 3. The third kappa shape index (κ3) is 3.09. The van der Waals surface area contributed by atoms with E-state index in [9.17, 15) is 9.59 Å². The Balaban J connectivity index is 1.41. The molecule has 5 nitrogen and oxygen atoms in total. The third-order valence-corrected chi connectivity index (χ3v) is 4.84. The van der Waals surface area contributed by atoms with E-state index in [1.165, 1.54) is 0 Å². The van der Waals surface area contributed by atoms with E-state index in [-0.39, 0.29) is 11.8 Å². The summed E-state index contributed by atoms with van der Waals surface area (Å²) in [5, 5.41) is 6.30. The van der Waals surface area contributed by atoms with Gasteiger partial charge in [0.25, 0.3) is 5.91 Å². The number of hydrogen-bond donors (Lipinski definition) is 2. The van der Waals surface area contributed by atoms with Crippen molar-refractivity contribution >= 4 is 33.5 Å². The molecule has 1 aliphatic rings. The molecule has 0 unspecified atom stereocenters. The lowest BCUT2D eigenvalue weighted by molar-refractivity contribution is -0.127. The Morgan fingerprint density at radius 2 is 2.04 bits per heavy atom. The van der Waals surface area contributed by atoms with E-state index in [4.69, 9.17) is 0 Å². The summed E-state index contributed by atoms with van der Waals surface area (Å²) in [5.41, 5.74) is 1.54. The highest BCUT2D eigenvalue weighted by atomic mass is 16.2. The van der Waals surface area contributed by atoms with Gasteiger partial charge < -0.3 is 15.2 Å². The second-order valence-corrected chi connectivity index (χ2v) is 6.52. The van der Waals surface area contributed by atoms with Crippen LogP contribution >= 0.6 is 0 Å². The number of likely N-dealkylation sites (tertiary alicyclic amines) is 1. The number of carbonyl (C=O) groups excluding carboxylic acids is 2. The maximum Gasteiger partial charge on any atom is 0.267 e. The molecule has 4 rings (SSSR count). The quantitative estimate of drug-likeness (QED) is 0.704. The highest BCUT2D eigenvalue weighted by Gasteiger charge is 2.19. The molecule has 1 saturated heterocycles. The molecule has 1 aliphatic heterocycles. The lowest BCUT2D eigenvalue weighted by Crippen LogP contribution is -2.30. The molecule has 3 aromatic rings. The standard InChI is InChI=1S/C20H21N3O2/c24-19-7-3-11-23(19)12-4-10-21-20(25)18-13-16-15-6-2-1-5-14(15)8-9-17(16)22-18/h1-2,5-6,8-9,13,22H,3-4,7,10-12H2,(H,21,25). The Labute approximate surface area is 146 Å². The first kappa shape index (κ1) is 15.7. The van der Waals surface area contributed by atoms with Crippen LogP contribution in [0.2, 0.25) is 0 Å². The Morgan fingerprint density at radius 1 is 1.16 bits per heavy atom. The number of aromatic nitrogens is 1. The normalized spacial score (nSPS) is 14.6. The van der Waals surface area contributed by atoms with Gasteiger partial charge in [0, 0.05) is 37.0 Å². The first-order valence-electron chi connectivity index (χ1n) is 8.79. The van der Waals surface area contributed by atoms with Crippen molar-refractivity contribution in [3.8, 4) is 0 Å². The summed E-state index contributed by atoms with van der Waals surface area (Å²) in [5.74, 6) is 0.127. The molecule has 128 valence electrons. The Hall–Kier alpha value is -2.82. The molecule has 0 saturated carbocycles. The van der Waals surface area contributed by atoms with Crippen LogP contribution in [0.1, 0.15) is 29.8 Å². The average Bonchev–Trinajstić information content (AvgIpc) is 3.25. The summed E-state index contributed by atoms with van der Waals surface area (Å²) in [7, 11) is 0. The molecule has 2 aromatic carbocycles. The highest BCUT2D eigenvalue weighted by Crippen LogP contribution is 2.25. The molecule has 0 atom stereocenters. The number of rotatable bonds is 5. The maximum absolute atomic E-state index is 12.4. The monoisotopic (exact) mass is 335 g/mol. The molecule has 2 N–H and O–H groups in total. The van der Waals surface area contributed by atoms with Crippen LogP contribution in [0.25, 0.3) is 21.7 Å². The number of nitrogens with one attached hydrogen (secondary N) is 2. The molecule has 0 aliphatic carbocycles. The van der Waals surface area contributed by atoms with Crippen molar-refractivity contribution < 1.29 is 9.59 Å². The smallest absolute Gasteiger partial charge is 0.267 e. The number of nitrogens with zero attached hydrogens (tertiary/aromatic N) is 1. The topological polar surface area (TPSA) is 65.2 Å². The van der Waals surface area contributed by atoms with Crippen molar-refractivity contribution in [1.82, 2.24) is 15.2 Å². The van der Waals surface area contributed by atoms with E-state index in [1.807, 2.05) is 29.2 Å². The van der Waals surface area contributed by atoms with Crippen LogP contribution in [0.5, 0.6) is 0 Å². The second kappa shape index (κ2) is 6.59.